The Hall–Kier alpha value is -1.27. The summed E-state index contributed by atoms with van der Waals surface area (Å²) in [6, 6.07) is 4.83. The zero-order valence-corrected chi connectivity index (χ0v) is 11.5. The molecule has 0 unspecified atom stereocenters. The second-order valence-corrected chi connectivity index (χ2v) is 5.45. The van der Waals surface area contributed by atoms with E-state index in [9.17, 15) is 13.2 Å². The van der Waals surface area contributed by atoms with Crippen molar-refractivity contribution in [2.24, 2.45) is 0 Å². The fraction of sp³-hybridized carbons (Fsp3) is 0.600. The third kappa shape index (κ3) is 3.32. The van der Waals surface area contributed by atoms with Gasteiger partial charge in [-0.15, -0.1) is 0 Å². The molecule has 1 spiro atoms. The minimum Gasteiger partial charge on any atom is -0.490 e. The number of halogens is 3. The normalized spacial score (nSPS) is 22.6. The molecule has 1 aromatic rings. The smallest absolute Gasteiger partial charge is 0.416 e. The molecule has 1 aliphatic heterocycles. The molecule has 0 aromatic heterocycles. The van der Waals surface area contributed by atoms with Crippen molar-refractivity contribution >= 4 is 0 Å². The van der Waals surface area contributed by atoms with Crippen LogP contribution in [0.2, 0.25) is 0 Å². The average molecular weight is 302 g/mol. The van der Waals surface area contributed by atoms with Gasteiger partial charge in [-0.2, -0.15) is 13.2 Å². The van der Waals surface area contributed by atoms with E-state index in [1.807, 2.05) is 0 Å². The Morgan fingerprint density at radius 1 is 1.00 bits per heavy atom. The lowest BCUT2D eigenvalue weighted by Gasteiger charge is -2.35. The van der Waals surface area contributed by atoms with Crippen LogP contribution in [0, 0.1) is 0 Å². The van der Waals surface area contributed by atoms with E-state index in [2.05, 4.69) is 0 Å². The van der Waals surface area contributed by atoms with E-state index < -0.39 is 17.5 Å². The maximum absolute atomic E-state index is 12.5. The molecule has 1 aromatic carbocycles. The number of ether oxygens (including phenoxy) is 3. The highest BCUT2D eigenvalue weighted by atomic mass is 19.4. The van der Waals surface area contributed by atoms with Gasteiger partial charge in [-0.1, -0.05) is 0 Å². The minimum absolute atomic E-state index is 0.000150. The first kappa shape index (κ1) is 14.7. The zero-order valence-electron chi connectivity index (χ0n) is 11.5. The summed E-state index contributed by atoms with van der Waals surface area (Å²) in [6.45, 7) is 1.26. The van der Waals surface area contributed by atoms with Gasteiger partial charge in [0.25, 0.3) is 0 Å². The van der Waals surface area contributed by atoms with Crippen LogP contribution in [-0.2, 0) is 15.7 Å². The average Bonchev–Trinajstić information content (AvgIpc) is 2.90. The first-order valence-corrected chi connectivity index (χ1v) is 7.09. The predicted molar refractivity (Wildman–Crippen MR) is 69.0 cm³/mol. The van der Waals surface area contributed by atoms with Gasteiger partial charge < -0.3 is 14.2 Å². The highest BCUT2D eigenvalue weighted by Gasteiger charge is 2.40. The van der Waals surface area contributed by atoms with E-state index in [0.29, 0.717) is 19.0 Å². The summed E-state index contributed by atoms with van der Waals surface area (Å²) in [6.07, 6.45) is -1.23. The molecule has 1 heterocycles. The molecular weight excluding hydrogens is 285 g/mol. The molecule has 1 saturated carbocycles. The Kier molecular flexibility index (Phi) is 3.84. The van der Waals surface area contributed by atoms with Crippen LogP contribution in [0.15, 0.2) is 24.3 Å². The topological polar surface area (TPSA) is 27.7 Å². The molecule has 0 radical (unpaired) electrons. The molecule has 0 N–H and O–H groups in total. The number of rotatable bonds is 2. The van der Waals surface area contributed by atoms with Gasteiger partial charge in [-0.25, -0.2) is 0 Å². The van der Waals surface area contributed by atoms with Crippen molar-refractivity contribution in [1.82, 2.24) is 0 Å². The van der Waals surface area contributed by atoms with Gasteiger partial charge >= 0.3 is 6.18 Å². The van der Waals surface area contributed by atoms with Crippen molar-refractivity contribution in [2.75, 3.05) is 13.2 Å². The summed E-state index contributed by atoms with van der Waals surface area (Å²) in [4.78, 5) is 0. The summed E-state index contributed by atoms with van der Waals surface area (Å²) in [5, 5.41) is 0. The van der Waals surface area contributed by atoms with Gasteiger partial charge in [-0.3, -0.25) is 0 Å². The Morgan fingerprint density at radius 2 is 1.57 bits per heavy atom. The van der Waals surface area contributed by atoms with Crippen molar-refractivity contribution in [3.8, 4) is 5.75 Å². The fourth-order valence-electron chi connectivity index (χ4n) is 2.85. The van der Waals surface area contributed by atoms with Crippen LogP contribution in [0.5, 0.6) is 5.75 Å². The summed E-state index contributed by atoms with van der Waals surface area (Å²) in [5.74, 6) is 0.0252. The van der Waals surface area contributed by atoms with Crippen molar-refractivity contribution in [1.29, 1.82) is 0 Å². The second-order valence-electron chi connectivity index (χ2n) is 5.45. The maximum Gasteiger partial charge on any atom is 0.416 e. The lowest BCUT2D eigenvalue weighted by atomic mass is 9.92. The van der Waals surface area contributed by atoms with Gasteiger partial charge in [0.1, 0.15) is 5.75 Å². The molecule has 2 aliphatic rings. The van der Waals surface area contributed by atoms with E-state index in [-0.39, 0.29) is 6.10 Å². The summed E-state index contributed by atoms with van der Waals surface area (Å²) < 4.78 is 54.4. The molecule has 0 amide bonds. The Balaban J connectivity index is 1.55. The zero-order chi connectivity index (χ0) is 14.9. The molecular formula is C15H17F3O3. The van der Waals surface area contributed by atoms with Crippen LogP contribution in [-0.4, -0.2) is 25.1 Å². The van der Waals surface area contributed by atoms with E-state index in [1.165, 1.54) is 12.1 Å². The molecule has 21 heavy (non-hydrogen) atoms. The van der Waals surface area contributed by atoms with E-state index in [0.717, 1.165) is 37.8 Å². The van der Waals surface area contributed by atoms with Crippen LogP contribution >= 0.6 is 0 Å². The molecule has 116 valence electrons. The maximum atomic E-state index is 12.5. The largest absolute Gasteiger partial charge is 0.490 e. The summed E-state index contributed by atoms with van der Waals surface area (Å²) in [5.41, 5.74) is -0.662. The van der Waals surface area contributed by atoms with Gasteiger partial charge in [0, 0.05) is 12.8 Å². The van der Waals surface area contributed by atoms with E-state index >= 15 is 0 Å². The van der Waals surface area contributed by atoms with Crippen molar-refractivity contribution in [3.63, 3.8) is 0 Å². The number of benzene rings is 1. The lowest BCUT2D eigenvalue weighted by molar-refractivity contribution is -0.186. The van der Waals surface area contributed by atoms with Crippen molar-refractivity contribution in [3.05, 3.63) is 29.8 Å². The van der Waals surface area contributed by atoms with Gasteiger partial charge in [0.15, 0.2) is 5.79 Å². The van der Waals surface area contributed by atoms with E-state index in [4.69, 9.17) is 14.2 Å². The molecule has 3 nitrogen and oxygen atoms in total. The van der Waals surface area contributed by atoms with Crippen LogP contribution in [0.25, 0.3) is 0 Å². The monoisotopic (exact) mass is 302 g/mol. The molecule has 0 atom stereocenters. The number of hydrogen-bond acceptors (Lipinski definition) is 3. The SMILES string of the molecule is FC(F)(F)c1ccc(OC2CCC3(CC2)OCCO3)cc1. The molecule has 1 aliphatic carbocycles. The molecule has 3 rings (SSSR count). The highest BCUT2D eigenvalue weighted by Crippen LogP contribution is 2.37. The van der Waals surface area contributed by atoms with Crippen molar-refractivity contribution in [2.45, 2.75) is 43.8 Å². The minimum atomic E-state index is -4.31. The second kappa shape index (κ2) is 5.50. The Bertz CT molecular complexity index is 468. The quantitative estimate of drug-likeness (QED) is 0.832. The van der Waals surface area contributed by atoms with Gasteiger partial charge in [-0.05, 0) is 37.1 Å². The standard InChI is InChI=1S/C15H17F3O3/c16-15(17,18)11-1-3-12(4-2-11)21-13-5-7-14(8-6-13)19-9-10-20-14/h1-4,13H,5-10H2. The van der Waals surface area contributed by atoms with Crippen LogP contribution in [0.1, 0.15) is 31.2 Å². The number of alkyl halides is 3. The van der Waals surface area contributed by atoms with Crippen LogP contribution in [0.4, 0.5) is 13.2 Å². The van der Waals surface area contributed by atoms with Crippen molar-refractivity contribution < 1.29 is 27.4 Å². The number of hydrogen-bond donors (Lipinski definition) is 0. The molecule has 6 heteroatoms. The van der Waals surface area contributed by atoms with E-state index in [1.54, 1.807) is 0 Å². The first-order valence-electron chi connectivity index (χ1n) is 7.09. The lowest BCUT2D eigenvalue weighted by Crippen LogP contribution is -2.38. The summed E-state index contributed by atoms with van der Waals surface area (Å²) >= 11 is 0. The molecule has 1 saturated heterocycles. The van der Waals surface area contributed by atoms with Crippen LogP contribution < -0.4 is 4.74 Å². The van der Waals surface area contributed by atoms with Crippen LogP contribution in [0.3, 0.4) is 0 Å². The Labute approximate surface area is 121 Å². The molecule has 2 fully saturated rings. The third-order valence-corrected chi connectivity index (χ3v) is 3.99. The molecule has 0 bridgehead atoms. The third-order valence-electron chi connectivity index (χ3n) is 3.99. The first-order chi connectivity index (χ1) is 9.97. The van der Waals surface area contributed by atoms with Gasteiger partial charge in [0.2, 0.25) is 0 Å². The summed E-state index contributed by atoms with van der Waals surface area (Å²) in [7, 11) is 0. The highest BCUT2D eigenvalue weighted by molar-refractivity contribution is 5.29. The predicted octanol–water partition coefficient (Wildman–Crippen LogP) is 3.77. The Morgan fingerprint density at radius 3 is 2.10 bits per heavy atom. The fourth-order valence-corrected chi connectivity index (χ4v) is 2.85. The van der Waals surface area contributed by atoms with Gasteiger partial charge in [0.05, 0.1) is 24.9 Å².